The van der Waals surface area contributed by atoms with Gasteiger partial charge in [0.2, 0.25) is 5.91 Å². The molecule has 0 aromatic heterocycles. The fraction of sp³-hybridized carbons (Fsp3) is 0.600. The highest BCUT2D eigenvalue weighted by molar-refractivity contribution is 5.78. The molecule has 1 saturated heterocycles. The zero-order valence-corrected chi connectivity index (χ0v) is 16.4. The normalized spacial score (nSPS) is 17.1. The molecule has 1 fully saturated rings. The van der Waals surface area contributed by atoms with Gasteiger partial charge in [0.1, 0.15) is 5.82 Å². The van der Waals surface area contributed by atoms with Gasteiger partial charge < -0.3 is 10.0 Å². The summed E-state index contributed by atoms with van der Waals surface area (Å²) >= 11 is 0. The van der Waals surface area contributed by atoms with Crippen LogP contribution in [0.1, 0.15) is 38.3 Å². The predicted molar refractivity (Wildman–Crippen MR) is 102 cm³/mol. The monoisotopic (exact) mass is 379 g/mol. The molecule has 6 nitrogen and oxygen atoms in total. The van der Waals surface area contributed by atoms with Crippen molar-refractivity contribution in [2.24, 2.45) is 0 Å². The fourth-order valence-electron chi connectivity index (χ4n) is 3.73. The van der Waals surface area contributed by atoms with Crippen molar-refractivity contribution in [2.75, 3.05) is 39.8 Å². The van der Waals surface area contributed by atoms with Gasteiger partial charge in [0.15, 0.2) is 0 Å². The molecule has 1 amide bonds. The Morgan fingerprint density at radius 3 is 2.37 bits per heavy atom. The maximum Gasteiger partial charge on any atom is 0.317 e. The molecule has 0 aliphatic carbocycles. The van der Waals surface area contributed by atoms with Gasteiger partial charge in [-0.1, -0.05) is 12.1 Å². The highest BCUT2D eigenvalue weighted by Gasteiger charge is 2.27. The van der Waals surface area contributed by atoms with Gasteiger partial charge in [-0.2, -0.15) is 0 Å². The van der Waals surface area contributed by atoms with Crippen molar-refractivity contribution in [3.63, 3.8) is 0 Å². The van der Waals surface area contributed by atoms with Crippen LogP contribution in [-0.2, 0) is 9.59 Å². The summed E-state index contributed by atoms with van der Waals surface area (Å²) in [6, 6.07) is 6.42. The summed E-state index contributed by atoms with van der Waals surface area (Å²) in [5, 5.41) is 8.91. The fourth-order valence-corrected chi connectivity index (χ4v) is 3.73. The summed E-state index contributed by atoms with van der Waals surface area (Å²) in [4.78, 5) is 29.5. The molecule has 0 saturated carbocycles. The molecule has 1 unspecified atom stereocenters. The second-order valence-corrected chi connectivity index (χ2v) is 7.22. The van der Waals surface area contributed by atoms with Crippen molar-refractivity contribution in [3.05, 3.63) is 35.6 Å². The molecule has 150 valence electrons. The van der Waals surface area contributed by atoms with Crippen molar-refractivity contribution >= 4 is 11.9 Å². The topological polar surface area (TPSA) is 64.1 Å². The first-order valence-corrected chi connectivity index (χ1v) is 9.51. The molecule has 1 heterocycles. The number of hydrogen-bond acceptors (Lipinski definition) is 4. The standard InChI is InChI=1S/C20H30FN3O3/c1-4-24(15(2)16-5-7-17(21)8-6-16)19(25)13-23-11-9-18(10-12-23)22(3)14-20(26)27/h5-8,15,18H,4,9-14H2,1-3H3,(H,26,27). The average Bonchev–Trinajstić information content (AvgIpc) is 2.62. The van der Waals surface area contributed by atoms with Crippen LogP contribution in [0.15, 0.2) is 24.3 Å². The summed E-state index contributed by atoms with van der Waals surface area (Å²) < 4.78 is 13.1. The van der Waals surface area contributed by atoms with Crippen molar-refractivity contribution in [3.8, 4) is 0 Å². The first kappa shape index (κ1) is 21.3. The van der Waals surface area contributed by atoms with E-state index in [0.29, 0.717) is 13.1 Å². The van der Waals surface area contributed by atoms with E-state index in [9.17, 15) is 14.0 Å². The van der Waals surface area contributed by atoms with Gasteiger partial charge in [0, 0.05) is 25.7 Å². The summed E-state index contributed by atoms with van der Waals surface area (Å²) in [7, 11) is 1.84. The van der Waals surface area contributed by atoms with Crippen molar-refractivity contribution in [1.29, 1.82) is 0 Å². The van der Waals surface area contributed by atoms with E-state index in [2.05, 4.69) is 4.90 Å². The minimum absolute atomic E-state index is 0.0440. The number of piperidine rings is 1. The maximum atomic E-state index is 13.1. The van der Waals surface area contributed by atoms with E-state index in [0.717, 1.165) is 31.5 Å². The summed E-state index contributed by atoms with van der Waals surface area (Å²) in [5.41, 5.74) is 0.917. The number of carbonyl (C=O) groups is 2. The average molecular weight is 379 g/mol. The second kappa shape index (κ2) is 9.80. The zero-order valence-electron chi connectivity index (χ0n) is 16.4. The molecular formula is C20H30FN3O3. The van der Waals surface area contributed by atoms with E-state index in [1.54, 1.807) is 12.1 Å². The van der Waals surface area contributed by atoms with Gasteiger partial charge in [-0.3, -0.25) is 19.4 Å². The van der Waals surface area contributed by atoms with Crippen LogP contribution in [0.25, 0.3) is 0 Å². The van der Waals surface area contributed by atoms with E-state index in [1.807, 2.05) is 30.7 Å². The Labute approximate surface area is 160 Å². The Balaban J connectivity index is 1.88. The van der Waals surface area contributed by atoms with E-state index in [4.69, 9.17) is 5.11 Å². The minimum atomic E-state index is -0.816. The number of rotatable bonds is 8. The van der Waals surface area contributed by atoms with E-state index in [1.165, 1.54) is 12.1 Å². The van der Waals surface area contributed by atoms with Gasteiger partial charge in [-0.15, -0.1) is 0 Å². The maximum absolute atomic E-state index is 13.1. The van der Waals surface area contributed by atoms with Crippen LogP contribution in [-0.4, -0.2) is 77.5 Å². The molecule has 27 heavy (non-hydrogen) atoms. The van der Waals surface area contributed by atoms with E-state index >= 15 is 0 Å². The van der Waals surface area contributed by atoms with Crippen LogP contribution in [0.5, 0.6) is 0 Å². The van der Waals surface area contributed by atoms with E-state index in [-0.39, 0.29) is 30.4 Å². The molecule has 1 aliphatic heterocycles. The number of nitrogens with zero attached hydrogens (tertiary/aromatic N) is 3. The van der Waals surface area contributed by atoms with Crippen molar-refractivity contribution in [1.82, 2.24) is 14.7 Å². The molecule has 1 aliphatic rings. The molecule has 2 rings (SSSR count). The van der Waals surface area contributed by atoms with Gasteiger partial charge in [0.25, 0.3) is 0 Å². The molecule has 1 aromatic rings. The number of hydrogen-bond donors (Lipinski definition) is 1. The summed E-state index contributed by atoms with van der Waals surface area (Å²) in [6.45, 7) is 6.46. The number of carboxylic acids is 1. The number of benzene rings is 1. The number of carboxylic acid groups (broad SMARTS) is 1. The van der Waals surface area contributed by atoms with Crippen molar-refractivity contribution < 1.29 is 19.1 Å². The van der Waals surface area contributed by atoms with Gasteiger partial charge in [-0.25, -0.2) is 4.39 Å². The van der Waals surface area contributed by atoms with Crippen LogP contribution >= 0.6 is 0 Å². The highest BCUT2D eigenvalue weighted by Crippen LogP contribution is 2.21. The molecular weight excluding hydrogens is 349 g/mol. The van der Waals surface area contributed by atoms with Crippen molar-refractivity contribution in [2.45, 2.75) is 38.8 Å². The third-order valence-corrected chi connectivity index (χ3v) is 5.40. The van der Waals surface area contributed by atoms with Crippen LogP contribution < -0.4 is 0 Å². The van der Waals surface area contributed by atoms with Gasteiger partial charge in [-0.05, 0) is 51.4 Å². The summed E-state index contributed by atoms with van der Waals surface area (Å²) in [5.74, 6) is -1.04. The molecule has 7 heteroatoms. The molecule has 0 bridgehead atoms. The Kier molecular flexibility index (Phi) is 7.74. The first-order chi connectivity index (χ1) is 12.8. The van der Waals surface area contributed by atoms with Gasteiger partial charge >= 0.3 is 5.97 Å². The van der Waals surface area contributed by atoms with E-state index < -0.39 is 5.97 Å². The largest absolute Gasteiger partial charge is 0.480 e. The Morgan fingerprint density at radius 2 is 1.85 bits per heavy atom. The molecule has 1 aromatic carbocycles. The third kappa shape index (κ3) is 6.01. The third-order valence-electron chi connectivity index (χ3n) is 5.40. The lowest BCUT2D eigenvalue weighted by Gasteiger charge is -2.37. The number of likely N-dealkylation sites (tertiary alicyclic amines) is 1. The van der Waals surface area contributed by atoms with Crippen LogP contribution in [0.3, 0.4) is 0 Å². The lowest BCUT2D eigenvalue weighted by molar-refractivity contribution is -0.138. The van der Waals surface area contributed by atoms with Crippen LogP contribution in [0.4, 0.5) is 4.39 Å². The Morgan fingerprint density at radius 1 is 1.26 bits per heavy atom. The SMILES string of the molecule is CCN(C(=O)CN1CCC(N(C)CC(=O)O)CC1)C(C)c1ccc(F)cc1. The number of halogens is 1. The Bertz CT molecular complexity index is 630. The molecule has 0 radical (unpaired) electrons. The second-order valence-electron chi connectivity index (χ2n) is 7.22. The lowest BCUT2D eigenvalue weighted by atomic mass is 10.0. The minimum Gasteiger partial charge on any atom is -0.480 e. The smallest absolute Gasteiger partial charge is 0.317 e. The summed E-state index contributed by atoms with van der Waals surface area (Å²) in [6.07, 6.45) is 1.72. The number of carbonyl (C=O) groups excluding carboxylic acids is 1. The number of aliphatic carboxylic acids is 1. The zero-order chi connectivity index (χ0) is 20.0. The Hall–Kier alpha value is -1.99. The number of amides is 1. The molecule has 1 atom stereocenters. The molecule has 1 N–H and O–H groups in total. The first-order valence-electron chi connectivity index (χ1n) is 9.51. The predicted octanol–water partition coefficient (Wildman–Crippen LogP) is 2.22. The van der Waals surface area contributed by atoms with Gasteiger partial charge in [0.05, 0.1) is 19.1 Å². The molecule has 0 spiro atoms. The van der Waals surface area contributed by atoms with Crippen LogP contribution in [0, 0.1) is 5.82 Å². The lowest BCUT2D eigenvalue weighted by Crippen LogP contribution is -2.48. The number of likely N-dealkylation sites (N-methyl/N-ethyl adjacent to an activating group) is 2. The van der Waals surface area contributed by atoms with Crippen LogP contribution in [0.2, 0.25) is 0 Å². The quantitative estimate of drug-likeness (QED) is 0.750. The highest BCUT2D eigenvalue weighted by atomic mass is 19.1.